The lowest BCUT2D eigenvalue weighted by Crippen LogP contribution is -2.35. The quantitative estimate of drug-likeness (QED) is 0.682. The van der Waals surface area contributed by atoms with E-state index in [0.29, 0.717) is 0 Å². The van der Waals surface area contributed by atoms with E-state index < -0.39 is 0 Å². The summed E-state index contributed by atoms with van der Waals surface area (Å²) >= 11 is 1.49. The molecule has 4 nitrogen and oxygen atoms in total. The van der Waals surface area contributed by atoms with Gasteiger partial charge < -0.3 is 0 Å². The van der Waals surface area contributed by atoms with Gasteiger partial charge in [-0.3, -0.25) is 9.69 Å². The van der Waals surface area contributed by atoms with E-state index in [1.165, 1.54) is 37.0 Å². The van der Waals surface area contributed by atoms with Crippen LogP contribution in [-0.2, 0) is 4.79 Å². The number of aryl methyl sites for hydroxylation is 1. The van der Waals surface area contributed by atoms with Crippen LogP contribution in [0.2, 0.25) is 0 Å². The highest BCUT2D eigenvalue weighted by molar-refractivity contribution is 7.15. The SMILES string of the molecule is CCCCCCCN(C(=O)C(C)C)c1nnc(C)s1. The Labute approximate surface area is 120 Å². The molecule has 0 unspecified atom stereocenters. The Bertz CT molecular complexity index is 390. The maximum Gasteiger partial charge on any atom is 0.231 e. The van der Waals surface area contributed by atoms with Crippen LogP contribution in [-0.4, -0.2) is 22.6 Å². The van der Waals surface area contributed by atoms with E-state index in [-0.39, 0.29) is 11.8 Å². The molecule has 5 heteroatoms. The molecule has 0 aliphatic heterocycles. The van der Waals surface area contributed by atoms with E-state index in [0.717, 1.165) is 23.1 Å². The lowest BCUT2D eigenvalue weighted by Gasteiger charge is -2.21. The third-order valence-electron chi connectivity index (χ3n) is 2.99. The predicted molar refractivity (Wildman–Crippen MR) is 80.6 cm³/mol. The molecule has 0 saturated heterocycles. The average molecular weight is 283 g/mol. The molecule has 1 rings (SSSR count). The fraction of sp³-hybridized carbons (Fsp3) is 0.786. The van der Waals surface area contributed by atoms with E-state index >= 15 is 0 Å². The normalized spacial score (nSPS) is 11.0. The van der Waals surface area contributed by atoms with Crippen LogP contribution in [0.3, 0.4) is 0 Å². The maximum atomic E-state index is 12.2. The van der Waals surface area contributed by atoms with Crippen LogP contribution >= 0.6 is 11.3 Å². The molecule has 0 aliphatic rings. The zero-order valence-corrected chi connectivity index (χ0v) is 13.3. The van der Waals surface area contributed by atoms with Crippen molar-refractivity contribution in [3.63, 3.8) is 0 Å². The monoisotopic (exact) mass is 283 g/mol. The summed E-state index contributed by atoms with van der Waals surface area (Å²) in [6.07, 6.45) is 5.97. The molecule has 0 spiro atoms. The second-order valence-corrected chi connectivity index (χ2v) is 6.32. The molecule has 0 N–H and O–H groups in total. The summed E-state index contributed by atoms with van der Waals surface area (Å²) in [5.41, 5.74) is 0. The molecule has 19 heavy (non-hydrogen) atoms. The van der Waals surface area contributed by atoms with Crippen molar-refractivity contribution in [2.24, 2.45) is 5.92 Å². The Hall–Kier alpha value is -0.970. The highest BCUT2D eigenvalue weighted by atomic mass is 32.1. The first-order chi connectivity index (χ1) is 9.06. The Morgan fingerprint density at radius 1 is 1.21 bits per heavy atom. The molecule has 108 valence electrons. The van der Waals surface area contributed by atoms with Crippen molar-refractivity contribution in [1.82, 2.24) is 10.2 Å². The third kappa shape index (κ3) is 5.27. The van der Waals surface area contributed by atoms with Gasteiger partial charge in [0.25, 0.3) is 0 Å². The summed E-state index contributed by atoms with van der Waals surface area (Å²) in [5.74, 6) is 0.145. The standard InChI is InChI=1S/C14H25N3OS/c1-5-6-7-8-9-10-17(13(18)11(2)3)14-16-15-12(4)19-14/h11H,5-10H2,1-4H3. The first kappa shape index (κ1) is 16.1. The molecule has 0 saturated carbocycles. The smallest absolute Gasteiger partial charge is 0.231 e. The van der Waals surface area contributed by atoms with Gasteiger partial charge in [-0.25, -0.2) is 0 Å². The molecule has 0 fully saturated rings. The average Bonchev–Trinajstić information content (AvgIpc) is 2.79. The zero-order valence-electron chi connectivity index (χ0n) is 12.5. The number of carbonyl (C=O) groups excluding carboxylic acids is 1. The Morgan fingerprint density at radius 3 is 2.42 bits per heavy atom. The number of hydrogen-bond acceptors (Lipinski definition) is 4. The molecule has 1 heterocycles. The predicted octanol–water partition coefficient (Wildman–Crippen LogP) is 3.81. The van der Waals surface area contributed by atoms with Crippen molar-refractivity contribution < 1.29 is 4.79 Å². The molecule has 1 aromatic heterocycles. The Kier molecular flexibility index (Phi) is 6.99. The van der Waals surface area contributed by atoms with Crippen molar-refractivity contribution in [2.45, 2.75) is 59.8 Å². The van der Waals surface area contributed by atoms with Gasteiger partial charge in [0, 0.05) is 12.5 Å². The summed E-state index contributed by atoms with van der Waals surface area (Å²) in [5, 5.41) is 9.77. The summed E-state index contributed by atoms with van der Waals surface area (Å²) in [6.45, 7) is 8.75. The topological polar surface area (TPSA) is 46.1 Å². The van der Waals surface area contributed by atoms with Gasteiger partial charge in [-0.1, -0.05) is 57.8 Å². The Balaban J connectivity index is 2.58. The number of nitrogens with zero attached hydrogens (tertiary/aromatic N) is 3. The van der Waals surface area contributed by atoms with Crippen LogP contribution in [0.4, 0.5) is 5.13 Å². The highest BCUT2D eigenvalue weighted by Crippen LogP contribution is 2.22. The van der Waals surface area contributed by atoms with Crippen LogP contribution < -0.4 is 4.90 Å². The minimum atomic E-state index is -0.000141. The third-order valence-corrected chi connectivity index (χ3v) is 3.85. The zero-order chi connectivity index (χ0) is 14.3. The highest BCUT2D eigenvalue weighted by Gasteiger charge is 2.21. The fourth-order valence-electron chi connectivity index (χ4n) is 1.88. The van der Waals surface area contributed by atoms with Crippen LogP contribution in [0, 0.1) is 12.8 Å². The number of hydrogen-bond donors (Lipinski definition) is 0. The maximum absolute atomic E-state index is 12.2. The molecule has 0 radical (unpaired) electrons. The van der Waals surface area contributed by atoms with Gasteiger partial charge in [-0.05, 0) is 13.3 Å². The van der Waals surface area contributed by atoms with Crippen LogP contribution in [0.5, 0.6) is 0 Å². The minimum absolute atomic E-state index is 0.000141. The van der Waals surface area contributed by atoms with E-state index in [9.17, 15) is 4.79 Å². The van der Waals surface area contributed by atoms with Gasteiger partial charge in [0.05, 0.1) is 0 Å². The van der Waals surface area contributed by atoms with E-state index in [2.05, 4.69) is 17.1 Å². The van der Waals surface area contributed by atoms with Crippen LogP contribution in [0.15, 0.2) is 0 Å². The van der Waals surface area contributed by atoms with Gasteiger partial charge in [0.15, 0.2) is 0 Å². The number of anilines is 1. The molecule has 0 atom stereocenters. The second kappa shape index (κ2) is 8.25. The van der Waals surface area contributed by atoms with Crippen LogP contribution in [0.1, 0.15) is 57.9 Å². The summed E-state index contributed by atoms with van der Waals surface area (Å²) in [4.78, 5) is 14.0. The largest absolute Gasteiger partial charge is 0.286 e. The second-order valence-electron chi connectivity index (χ2n) is 5.16. The Morgan fingerprint density at radius 2 is 1.89 bits per heavy atom. The molecule has 0 aromatic carbocycles. The van der Waals surface area contributed by atoms with Crippen molar-refractivity contribution >= 4 is 22.4 Å². The van der Waals surface area contributed by atoms with Gasteiger partial charge in [-0.2, -0.15) is 0 Å². The van der Waals surface area contributed by atoms with E-state index in [1.807, 2.05) is 20.8 Å². The molecule has 0 aliphatic carbocycles. The summed E-state index contributed by atoms with van der Waals surface area (Å²) in [6, 6.07) is 0. The van der Waals surface area contributed by atoms with Gasteiger partial charge in [0.2, 0.25) is 11.0 Å². The molecular formula is C14H25N3OS. The van der Waals surface area contributed by atoms with Crippen molar-refractivity contribution in [3.8, 4) is 0 Å². The fourth-order valence-corrected chi connectivity index (χ4v) is 2.60. The minimum Gasteiger partial charge on any atom is -0.286 e. The molecular weight excluding hydrogens is 258 g/mol. The molecule has 1 amide bonds. The number of rotatable bonds is 8. The van der Waals surface area contributed by atoms with E-state index in [1.54, 1.807) is 4.90 Å². The number of amides is 1. The van der Waals surface area contributed by atoms with Crippen molar-refractivity contribution in [1.29, 1.82) is 0 Å². The summed E-state index contributed by atoms with van der Waals surface area (Å²) < 4.78 is 0. The van der Waals surface area contributed by atoms with E-state index in [4.69, 9.17) is 0 Å². The lowest BCUT2D eigenvalue weighted by molar-refractivity contribution is -0.121. The number of unbranched alkanes of at least 4 members (excludes halogenated alkanes) is 4. The first-order valence-corrected chi connectivity index (χ1v) is 7.99. The van der Waals surface area contributed by atoms with Crippen LogP contribution in [0.25, 0.3) is 0 Å². The van der Waals surface area contributed by atoms with Gasteiger partial charge in [-0.15, -0.1) is 10.2 Å². The van der Waals surface area contributed by atoms with Crippen molar-refractivity contribution in [2.75, 3.05) is 11.4 Å². The summed E-state index contributed by atoms with van der Waals surface area (Å²) in [7, 11) is 0. The van der Waals surface area contributed by atoms with Crippen molar-refractivity contribution in [3.05, 3.63) is 5.01 Å². The van der Waals surface area contributed by atoms with Gasteiger partial charge >= 0.3 is 0 Å². The molecule has 0 bridgehead atoms. The number of aromatic nitrogens is 2. The number of carbonyl (C=O) groups is 1. The molecule has 1 aromatic rings. The lowest BCUT2D eigenvalue weighted by atomic mass is 10.1. The van der Waals surface area contributed by atoms with Gasteiger partial charge in [0.1, 0.15) is 5.01 Å². The first-order valence-electron chi connectivity index (χ1n) is 7.17.